The predicted molar refractivity (Wildman–Crippen MR) is 97.1 cm³/mol. The maximum Gasteiger partial charge on any atom is 0.248 e. The number of thiazole rings is 1. The lowest BCUT2D eigenvalue weighted by molar-refractivity contribution is -0.133. The van der Waals surface area contributed by atoms with Crippen molar-refractivity contribution in [3.8, 4) is 0 Å². The number of rotatable bonds is 6. The maximum atomic E-state index is 12.6. The summed E-state index contributed by atoms with van der Waals surface area (Å²) >= 11 is 1.31. The van der Waals surface area contributed by atoms with E-state index < -0.39 is 23.9 Å². The number of amidine groups is 1. The van der Waals surface area contributed by atoms with E-state index in [1.807, 2.05) is 0 Å². The van der Waals surface area contributed by atoms with Gasteiger partial charge in [0.05, 0.1) is 17.5 Å². The SMILES string of the molecule is N=C(NC(=O)[C@H](Cc1c[nH]cn1)NC(=O)C1CCCC(=O)N1)c1cscn1. The monoisotopic (exact) mass is 389 g/mol. The number of aromatic nitrogens is 3. The van der Waals surface area contributed by atoms with Gasteiger partial charge in [-0.05, 0) is 12.8 Å². The third-order valence-corrected chi connectivity index (χ3v) is 4.67. The molecule has 5 N–H and O–H groups in total. The van der Waals surface area contributed by atoms with Gasteiger partial charge in [0, 0.05) is 24.4 Å². The van der Waals surface area contributed by atoms with E-state index in [2.05, 4.69) is 30.9 Å². The molecule has 0 aromatic carbocycles. The highest BCUT2D eigenvalue weighted by Crippen LogP contribution is 2.09. The van der Waals surface area contributed by atoms with Gasteiger partial charge in [-0.15, -0.1) is 11.3 Å². The second kappa shape index (κ2) is 8.54. The Balaban J connectivity index is 1.68. The molecule has 11 heteroatoms. The number of nitrogens with one attached hydrogen (secondary N) is 5. The molecular formula is C16H19N7O3S. The lowest BCUT2D eigenvalue weighted by Gasteiger charge is -2.25. The Morgan fingerprint density at radius 1 is 1.41 bits per heavy atom. The van der Waals surface area contributed by atoms with E-state index in [1.54, 1.807) is 17.1 Å². The van der Waals surface area contributed by atoms with Crippen molar-refractivity contribution in [2.45, 2.75) is 37.8 Å². The molecule has 0 saturated carbocycles. The van der Waals surface area contributed by atoms with Crippen LogP contribution in [0.2, 0.25) is 0 Å². The van der Waals surface area contributed by atoms with E-state index >= 15 is 0 Å². The summed E-state index contributed by atoms with van der Waals surface area (Å²) in [5.74, 6) is -1.31. The summed E-state index contributed by atoms with van der Waals surface area (Å²) in [6.45, 7) is 0. The number of carbonyl (C=O) groups excluding carboxylic acids is 3. The summed E-state index contributed by atoms with van der Waals surface area (Å²) in [6.07, 6.45) is 4.78. The molecule has 0 bridgehead atoms. The quantitative estimate of drug-likeness (QED) is 0.339. The van der Waals surface area contributed by atoms with Gasteiger partial charge < -0.3 is 20.9 Å². The Hall–Kier alpha value is -3.08. The van der Waals surface area contributed by atoms with Gasteiger partial charge in [0.1, 0.15) is 17.8 Å². The first kappa shape index (κ1) is 18.7. The summed E-state index contributed by atoms with van der Waals surface area (Å²) in [5, 5.41) is 17.3. The van der Waals surface area contributed by atoms with Crippen LogP contribution < -0.4 is 16.0 Å². The standard InChI is InChI=1S/C16H19N7O3S/c17-14(12-6-27-8-20-12)23-16(26)11(4-9-5-18-7-19-9)22-15(25)10-2-1-3-13(24)21-10/h5-8,10-11H,1-4H2,(H,18,19)(H,21,24)(H,22,25)(H2,17,23,26)/t10?,11-/m0/s1. The summed E-state index contributed by atoms with van der Waals surface area (Å²) in [7, 11) is 0. The normalized spacial score (nSPS) is 17.6. The molecule has 1 unspecified atom stereocenters. The fourth-order valence-corrected chi connectivity index (χ4v) is 3.25. The van der Waals surface area contributed by atoms with Crippen molar-refractivity contribution in [2.24, 2.45) is 0 Å². The van der Waals surface area contributed by atoms with Crippen molar-refractivity contribution in [3.05, 3.63) is 34.8 Å². The number of aromatic amines is 1. The summed E-state index contributed by atoms with van der Waals surface area (Å²) in [4.78, 5) is 47.5. The summed E-state index contributed by atoms with van der Waals surface area (Å²) in [5.41, 5.74) is 2.49. The van der Waals surface area contributed by atoms with E-state index in [4.69, 9.17) is 5.41 Å². The Bertz CT molecular complexity index is 819. The van der Waals surface area contributed by atoms with Gasteiger partial charge in [-0.2, -0.15) is 0 Å². The minimum atomic E-state index is -0.946. The average molecular weight is 389 g/mol. The largest absolute Gasteiger partial charge is 0.351 e. The Morgan fingerprint density at radius 3 is 2.93 bits per heavy atom. The van der Waals surface area contributed by atoms with E-state index in [9.17, 15) is 14.4 Å². The highest BCUT2D eigenvalue weighted by atomic mass is 32.1. The maximum absolute atomic E-state index is 12.6. The molecule has 0 spiro atoms. The minimum absolute atomic E-state index is 0.145. The molecule has 2 aromatic heterocycles. The topological polar surface area (TPSA) is 153 Å². The molecule has 0 aliphatic carbocycles. The van der Waals surface area contributed by atoms with Crippen molar-refractivity contribution in [1.82, 2.24) is 30.9 Å². The number of H-pyrrole nitrogens is 1. The molecule has 3 heterocycles. The number of piperidine rings is 1. The number of nitrogens with zero attached hydrogens (tertiary/aromatic N) is 2. The van der Waals surface area contributed by atoms with Crippen LogP contribution in [-0.2, 0) is 20.8 Å². The second-order valence-electron chi connectivity index (χ2n) is 6.08. The van der Waals surface area contributed by atoms with E-state index in [0.717, 1.165) is 0 Å². The first-order valence-electron chi connectivity index (χ1n) is 8.38. The average Bonchev–Trinajstić information content (AvgIpc) is 3.35. The van der Waals surface area contributed by atoms with E-state index in [-0.39, 0.29) is 18.2 Å². The van der Waals surface area contributed by atoms with Crippen LogP contribution in [0, 0.1) is 5.41 Å². The molecule has 1 saturated heterocycles. The van der Waals surface area contributed by atoms with Gasteiger partial charge in [-0.1, -0.05) is 0 Å². The second-order valence-corrected chi connectivity index (χ2v) is 6.79. The molecule has 2 aromatic rings. The number of hydrogen-bond acceptors (Lipinski definition) is 7. The molecular weight excluding hydrogens is 370 g/mol. The fraction of sp³-hybridized carbons (Fsp3) is 0.375. The zero-order valence-electron chi connectivity index (χ0n) is 14.3. The van der Waals surface area contributed by atoms with Crippen LogP contribution in [0.1, 0.15) is 30.7 Å². The molecule has 1 aliphatic rings. The minimum Gasteiger partial charge on any atom is -0.351 e. The molecule has 10 nitrogen and oxygen atoms in total. The number of imidazole rings is 1. The zero-order chi connectivity index (χ0) is 19.2. The lowest BCUT2D eigenvalue weighted by Crippen LogP contribution is -2.56. The third-order valence-electron chi connectivity index (χ3n) is 4.09. The van der Waals surface area contributed by atoms with E-state index in [0.29, 0.717) is 30.7 Å². The highest BCUT2D eigenvalue weighted by molar-refractivity contribution is 7.07. The predicted octanol–water partition coefficient (Wildman–Crippen LogP) is -0.296. The van der Waals surface area contributed by atoms with Crippen molar-refractivity contribution < 1.29 is 14.4 Å². The van der Waals surface area contributed by atoms with Crippen LogP contribution in [0.25, 0.3) is 0 Å². The highest BCUT2D eigenvalue weighted by Gasteiger charge is 2.29. The molecule has 0 radical (unpaired) electrons. The first-order valence-corrected chi connectivity index (χ1v) is 9.32. The summed E-state index contributed by atoms with van der Waals surface area (Å²) in [6, 6.07) is -1.61. The van der Waals surface area contributed by atoms with Gasteiger partial charge in [0.15, 0.2) is 5.84 Å². The van der Waals surface area contributed by atoms with Crippen molar-refractivity contribution >= 4 is 34.9 Å². The number of hydrogen-bond donors (Lipinski definition) is 5. The number of carbonyl (C=O) groups is 3. The molecule has 27 heavy (non-hydrogen) atoms. The van der Waals surface area contributed by atoms with Gasteiger partial charge in [-0.25, -0.2) is 9.97 Å². The zero-order valence-corrected chi connectivity index (χ0v) is 15.1. The van der Waals surface area contributed by atoms with Crippen LogP contribution in [0.3, 0.4) is 0 Å². The smallest absolute Gasteiger partial charge is 0.248 e. The molecule has 3 amide bonds. The van der Waals surface area contributed by atoms with Crippen molar-refractivity contribution in [2.75, 3.05) is 0 Å². The van der Waals surface area contributed by atoms with Crippen LogP contribution in [0.4, 0.5) is 0 Å². The summed E-state index contributed by atoms with van der Waals surface area (Å²) < 4.78 is 0. The van der Waals surface area contributed by atoms with Crippen LogP contribution in [0.5, 0.6) is 0 Å². The van der Waals surface area contributed by atoms with Gasteiger partial charge in [-0.3, -0.25) is 19.8 Å². The molecule has 1 fully saturated rings. The van der Waals surface area contributed by atoms with Gasteiger partial charge in [0.25, 0.3) is 0 Å². The van der Waals surface area contributed by atoms with Crippen LogP contribution >= 0.6 is 11.3 Å². The van der Waals surface area contributed by atoms with Crippen molar-refractivity contribution in [3.63, 3.8) is 0 Å². The molecule has 2 atom stereocenters. The van der Waals surface area contributed by atoms with Crippen molar-refractivity contribution in [1.29, 1.82) is 5.41 Å². The molecule has 142 valence electrons. The first-order chi connectivity index (χ1) is 13.0. The Labute approximate surface area is 158 Å². The Kier molecular flexibility index (Phi) is 5.91. The fourth-order valence-electron chi connectivity index (χ4n) is 2.71. The van der Waals surface area contributed by atoms with E-state index in [1.165, 1.54) is 17.7 Å². The van der Waals surface area contributed by atoms with Crippen LogP contribution in [0.15, 0.2) is 23.4 Å². The Morgan fingerprint density at radius 2 is 2.26 bits per heavy atom. The molecule has 3 rings (SSSR count). The number of amides is 3. The van der Waals surface area contributed by atoms with Gasteiger partial charge >= 0.3 is 0 Å². The lowest BCUT2D eigenvalue weighted by atomic mass is 10.0. The molecule has 1 aliphatic heterocycles. The van der Waals surface area contributed by atoms with Crippen LogP contribution in [-0.4, -0.2) is 50.6 Å². The van der Waals surface area contributed by atoms with Gasteiger partial charge in [0.2, 0.25) is 17.7 Å². The third kappa shape index (κ3) is 4.97.